The minimum absolute atomic E-state index is 0.156. The maximum Gasteiger partial charge on any atom is 0.407 e. The fraction of sp³-hybridized carbons (Fsp3) is 0.231. The predicted molar refractivity (Wildman–Crippen MR) is 74.0 cm³/mol. The lowest BCUT2D eigenvalue weighted by Crippen LogP contribution is -2.06. The van der Waals surface area contributed by atoms with Gasteiger partial charge in [0.25, 0.3) is 0 Å². The molecule has 7 nitrogen and oxygen atoms in total. The van der Waals surface area contributed by atoms with Crippen LogP contribution in [0.5, 0.6) is 0 Å². The predicted octanol–water partition coefficient (Wildman–Crippen LogP) is 2.28. The lowest BCUT2D eigenvalue weighted by molar-refractivity contribution is -0.389. The molecule has 0 aliphatic rings. The van der Waals surface area contributed by atoms with Crippen molar-refractivity contribution in [3.05, 3.63) is 46.0 Å². The molecule has 0 amide bonds. The molecule has 0 fully saturated rings. The van der Waals surface area contributed by atoms with Crippen molar-refractivity contribution in [1.82, 2.24) is 19.1 Å². The summed E-state index contributed by atoms with van der Waals surface area (Å²) in [7, 11) is 1.76. The third-order valence-electron chi connectivity index (χ3n) is 3.38. The molecule has 3 aromatic rings. The monoisotopic (exact) mass is 271 g/mol. The van der Waals surface area contributed by atoms with E-state index in [0.717, 1.165) is 11.0 Å². The van der Waals surface area contributed by atoms with Crippen molar-refractivity contribution in [3.63, 3.8) is 0 Å². The van der Waals surface area contributed by atoms with Crippen molar-refractivity contribution < 1.29 is 4.92 Å². The summed E-state index contributed by atoms with van der Waals surface area (Å²) in [5.41, 5.74) is 1.63. The van der Waals surface area contributed by atoms with Gasteiger partial charge < -0.3 is 10.1 Å². The van der Waals surface area contributed by atoms with Crippen molar-refractivity contribution in [1.29, 1.82) is 0 Å². The fourth-order valence-corrected chi connectivity index (χ4v) is 2.37. The highest BCUT2D eigenvalue weighted by molar-refractivity contribution is 5.78. The van der Waals surface area contributed by atoms with Gasteiger partial charge in [0.15, 0.2) is 0 Å². The zero-order valence-corrected chi connectivity index (χ0v) is 11.4. The van der Waals surface area contributed by atoms with Gasteiger partial charge in [0, 0.05) is 14.0 Å². The molecule has 0 aliphatic carbocycles. The summed E-state index contributed by atoms with van der Waals surface area (Å²) in [5.74, 6) is 1.55. The second-order valence-corrected chi connectivity index (χ2v) is 4.61. The van der Waals surface area contributed by atoms with E-state index in [1.54, 1.807) is 23.1 Å². The average Bonchev–Trinajstić information content (AvgIpc) is 2.87. The normalized spacial score (nSPS) is 11.2. The van der Waals surface area contributed by atoms with Crippen LogP contribution in [0.3, 0.4) is 0 Å². The van der Waals surface area contributed by atoms with E-state index in [2.05, 4.69) is 9.97 Å². The van der Waals surface area contributed by atoms with Crippen LogP contribution in [-0.4, -0.2) is 24.0 Å². The summed E-state index contributed by atoms with van der Waals surface area (Å²) in [6.07, 6.45) is 0. The Labute approximate surface area is 114 Å². The van der Waals surface area contributed by atoms with Gasteiger partial charge in [-0.2, -0.15) is 0 Å². The highest BCUT2D eigenvalue weighted by Gasteiger charge is 2.27. The number of nitrogens with zero attached hydrogens (tertiary/aromatic N) is 5. The Morgan fingerprint density at radius 2 is 1.85 bits per heavy atom. The molecule has 0 unspecified atom stereocenters. The zero-order chi connectivity index (χ0) is 14.4. The number of benzene rings is 1. The lowest BCUT2D eigenvalue weighted by atomic mass is 10.3. The molecular weight excluding hydrogens is 258 g/mol. The molecule has 0 bridgehead atoms. The molecule has 20 heavy (non-hydrogen) atoms. The first-order valence-corrected chi connectivity index (χ1v) is 6.13. The molecule has 2 heterocycles. The topological polar surface area (TPSA) is 78.8 Å². The summed E-state index contributed by atoms with van der Waals surface area (Å²) in [6, 6.07) is 7.55. The largest absolute Gasteiger partial charge is 0.407 e. The lowest BCUT2D eigenvalue weighted by Gasteiger charge is -2.07. The van der Waals surface area contributed by atoms with Crippen LogP contribution in [0.4, 0.5) is 5.82 Å². The summed E-state index contributed by atoms with van der Waals surface area (Å²) < 4.78 is 3.48. The second kappa shape index (κ2) is 4.16. The molecule has 7 heteroatoms. The zero-order valence-electron chi connectivity index (χ0n) is 11.4. The van der Waals surface area contributed by atoms with Crippen LogP contribution in [0.15, 0.2) is 24.3 Å². The Balaban J connectivity index is 2.42. The number of fused-ring (bicyclic) bond motifs is 1. The molecule has 3 rings (SSSR count). The van der Waals surface area contributed by atoms with Gasteiger partial charge in [0.1, 0.15) is 5.82 Å². The summed E-state index contributed by atoms with van der Waals surface area (Å²) in [5, 5.41) is 11.2. The van der Waals surface area contributed by atoms with Crippen LogP contribution < -0.4 is 0 Å². The van der Waals surface area contributed by atoms with Gasteiger partial charge >= 0.3 is 5.82 Å². The fourth-order valence-electron chi connectivity index (χ4n) is 2.37. The van der Waals surface area contributed by atoms with E-state index in [-0.39, 0.29) is 5.82 Å². The third kappa shape index (κ3) is 1.59. The van der Waals surface area contributed by atoms with Crippen molar-refractivity contribution >= 4 is 16.9 Å². The molecule has 0 saturated carbocycles. The SMILES string of the molecule is Cc1nc([N+](=O)[O-])c(-n2c(C)nc3ccccc32)n1C. The van der Waals surface area contributed by atoms with Gasteiger partial charge in [-0.15, -0.1) is 0 Å². The van der Waals surface area contributed by atoms with Crippen LogP contribution in [0.2, 0.25) is 0 Å². The van der Waals surface area contributed by atoms with Gasteiger partial charge in [-0.05, 0) is 29.0 Å². The number of aromatic nitrogens is 4. The number of rotatable bonds is 2. The summed E-state index contributed by atoms with van der Waals surface area (Å²) >= 11 is 0. The summed E-state index contributed by atoms with van der Waals surface area (Å²) in [6.45, 7) is 3.57. The number of hydrogen-bond acceptors (Lipinski definition) is 4. The number of hydrogen-bond donors (Lipinski definition) is 0. The molecule has 2 aromatic heterocycles. The molecule has 0 atom stereocenters. The van der Waals surface area contributed by atoms with Gasteiger partial charge in [-0.3, -0.25) is 9.13 Å². The summed E-state index contributed by atoms with van der Waals surface area (Å²) in [4.78, 5) is 19.2. The standard InChI is InChI=1S/C13H13N5O2/c1-8-15-12(18(19)20)13(16(8)3)17-9(2)14-10-6-4-5-7-11(10)17/h4-7H,1-3H3. The first-order chi connectivity index (χ1) is 9.50. The van der Waals surface area contributed by atoms with Crippen LogP contribution in [0.25, 0.3) is 16.9 Å². The number of aryl methyl sites for hydroxylation is 2. The first kappa shape index (κ1) is 12.3. The Morgan fingerprint density at radius 3 is 2.55 bits per heavy atom. The molecule has 0 radical (unpaired) electrons. The van der Waals surface area contributed by atoms with Gasteiger partial charge in [0.2, 0.25) is 11.6 Å². The average molecular weight is 271 g/mol. The first-order valence-electron chi connectivity index (χ1n) is 6.13. The molecule has 0 spiro atoms. The maximum absolute atomic E-state index is 11.2. The van der Waals surface area contributed by atoms with Crippen LogP contribution in [-0.2, 0) is 7.05 Å². The smallest absolute Gasteiger partial charge is 0.358 e. The molecule has 0 N–H and O–H groups in total. The van der Waals surface area contributed by atoms with E-state index >= 15 is 0 Å². The van der Waals surface area contributed by atoms with Gasteiger partial charge in [-0.1, -0.05) is 12.1 Å². The molecule has 102 valence electrons. The molecule has 1 aromatic carbocycles. The number of para-hydroxylation sites is 2. The highest BCUT2D eigenvalue weighted by atomic mass is 16.6. The van der Waals surface area contributed by atoms with E-state index in [4.69, 9.17) is 0 Å². The minimum Gasteiger partial charge on any atom is -0.358 e. The van der Waals surface area contributed by atoms with E-state index in [1.807, 2.05) is 31.2 Å². The quantitative estimate of drug-likeness (QED) is 0.529. The Kier molecular flexibility index (Phi) is 2.56. The van der Waals surface area contributed by atoms with E-state index < -0.39 is 4.92 Å². The third-order valence-corrected chi connectivity index (χ3v) is 3.38. The molecule has 0 saturated heterocycles. The van der Waals surface area contributed by atoms with Crippen LogP contribution >= 0.6 is 0 Å². The molecule has 0 aliphatic heterocycles. The van der Waals surface area contributed by atoms with Crippen LogP contribution in [0.1, 0.15) is 11.6 Å². The highest BCUT2D eigenvalue weighted by Crippen LogP contribution is 2.28. The Morgan fingerprint density at radius 1 is 1.15 bits per heavy atom. The number of imidazole rings is 2. The van der Waals surface area contributed by atoms with Gasteiger partial charge in [0.05, 0.1) is 11.0 Å². The van der Waals surface area contributed by atoms with Gasteiger partial charge in [-0.25, -0.2) is 4.98 Å². The van der Waals surface area contributed by atoms with Crippen molar-refractivity contribution in [2.75, 3.05) is 0 Å². The number of nitro groups is 1. The minimum atomic E-state index is -0.462. The Hall–Kier alpha value is -2.70. The van der Waals surface area contributed by atoms with E-state index in [0.29, 0.717) is 17.5 Å². The van der Waals surface area contributed by atoms with Crippen molar-refractivity contribution in [2.45, 2.75) is 13.8 Å². The van der Waals surface area contributed by atoms with Crippen molar-refractivity contribution in [2.24, 2.45) is 7.05 Å². The second-order valence-electron chi connectivity index (χ2n) is 4.61. The molecular formula is C13H13N5O2. The maximum atomic E-state index is 11.2. The van der Waals surface area contributed by atoms with E-state index in [9.17, 15) is 10.1 Å². The van der Waals surface area contributed by atoms with Crippen molar-refractivity contribution in [3.8, 4) is 5.82 Å². The van der Waals surface area contributed by atoms with E-state index in [1.165, 1.54) is 0 Å². The van der Waals surface area contributed by atoms with Crippen LogP contribution in [0, 0.1) is 24.0 Å². The Bertz CT molecular complexity index is 831.